The van der Waals surface area contributed by atoms with Gasteiger partial charge in [-0.25, -0.2) is 9.97 Å². The lowest BCUT2D eigenvalue weighted by Crippen LogP contribution is -2.34. The summed E-state index contributed by atoms with van der Waals surface area (Å²) in [6.07, 6.45) is -2.92. The fourth-order valence-corrected chi connectivity index (χ4v) is 3.42. The molecule has 1 aliphatic rings. The molecule has 21 heavy (non-hydrogen) atoms. The number of thiophene rings is 1. The topological polar surface area (TPSA) is 46.1 Å². The number of alkyl halides is 3. The Labute approximate surface area is 122 Å². The second-order valence-corrected chi connectivity index (χ2v) is 6.06. The minimum absolute atomic E-state index is 0.208. The molecule has 0 aliphatic carbocycles. The Bertz CT molecular complexity index is 673. The smallest absolute Gasteiger partial charge is 0.355 e. The van der Waals surface area contributed by atoms with Crippen LogP contribution in [0.25, 0.3) is 10.2 Å². The molecule has 0 aromatic carbocycles. The van der Waals surface area contributed by atoms with Crippen LogP contribution in [-0.4, -0.2) is 35.0 Å². The van der Waals surface area contributed by atoms with Crippen LogP contribution < -0.4 is 4.90 Å². The van der Waals surface area contributed by atoms with Crippen molar-refractivity contribution in [1.82, 2.24) is 9.97 Å². The van der Waals surface area contributed by atoms with Gasteiger partial charge in [-0.15, -0.1) is 11.3 Å². The van der Waals surface area contributed by atoms with E-state index >= 15 is 0 Å². The van der Waals surface area contributed by atoms with Crippen LogP contribution in [0.4, 0.5) is 19.0 Å². The van der Waals surface area contributed by atoms with Gasteiger partial charge in [0.1, 0.15) is 22.8 Å². The predicted molar refractivity (Wildman–Crippen MR) is 73.6 cm³/mol. The van der Waals surface area contributed by atoms with Gasteiger partial charge in [0.25, 0.3) is 0 Å². The van der Waals surface area contributed by atoms with E-state index in [-0.39, 0.29) is 10.7 Å². The van der Waals surface area contributed by atoms with Crippen LogP contribution in [-0.2, 0) is 11.2 Å². The lowest BCUT2D eigenvalue weighted by Gasteiger charge is -2.27. The van der Waals surface area contributed by atoms with E-state index < -0.39 is 12.6 Å². The quantitative estimate of drug-likeness (QED) is 0.855. The van der Waals surface area contributed by atoms with Crippen LogP contribution in [0.2, 0.25) is 0 Å². The Kier molecular flexibility index (Phi) is 3.56. The van der Waals surface area contributed by atoms with Crippen molar-refractivity contribution in [3.63, 3.8) is 0 Å². The van der Waals surface area contributed by atoms with Gasteiger partial charge in [0.2, 0.25) is 0 Å². The molecular formula is C13H12F3N3OS. The van der Waals surface area contributed by atoms with E-state index in [0.29, 0.717) is 42.0 Å². The van der Waals surface area contributed by atoms with E-state index in [1.165, 1.54) is 12.4 Å². The number of hydrogen-bond donors (Lipinski definition) is 0. The van der Waals surface area contributed by atoms with E-state index in [1.54, 1.807) is 0 Å². The molecule has 0 amide bonds. The van der Waals surface area contributed by atoms with Crippen molar-refractivity contribution in [2.75, 3.05) is 18.0 Å². The molecule has 3 heterocycles. The average molecular weight is 315 g/mol. The van der Waals surface area contributed by atoms with Crippen LogP contribution in [0, 0.1) is 0 Å². The largest absolute Gasteiger partial charge is 0.393 e. The van der Waals surface area contributed by atoms with Gasteiger partial charge in [-0.2, -0.15) is 13.2 Å². The molecule has 4 nitrogen and oxygen atoms in total. The van der Waals surface area contributed by atoms with Crippen molar-refractivity contribution in [1.29, 1.82) is 0 Å². The standard InChI is InChI=1S/C13H12F3N3OS/c14-13(15,16)6-9-5-10-11(17-7-18-12(10)21-9)19-3-1-8(20)2-4-19/h5,7H,1-4,6H2. The van der Waals surface area contributed by atoms with Crippen LogP contribution >= 0.6 is 11.3 Å². The Morgan fingerprint density at radius 3 is 2.62 bits per heavy atom. The summed E-state index contributed by atoms with van der Waals surface area (Å²) in [6, 6.07) is 1.51. The number of anilines is 1. The monoisotopic (exact) mass is 315 g/mol. The lowest BCUT2D eigenvalue weighted by molar-refractivity contribution is -0.126. The average Bonchev–Trinajstić information content (AvgIpc) is 2.79. The number of aromatic nitrogens is 2. The first-order chi connectivity index (χ1) is 9.92. The maximum Gasteiger partial charge on any atom is 0.393 e. The molecule has 1 fully saturated rings. The summed E-state index contributed by atoms with van der Waals surface area (Å²) in [5.41, 5.74) is 0. The molecule has 0 bridgehead atoms. The third kappa shape index (κ3) is 3.15. The van der Waals surface area contributed by atoms with Crippen molar-refractivity contribution in [2.24, 2.45) is 0 Å². The Hall–Kier alpha value is -1.70. The summed E-state index contributed by atoms with van der Waals surface area (Å²) in [4.78, 5) is 22.2. The summed E-state index contributed by atoms with van der Waals surface area (Å²) in [5, 5.41) is 0.635. The van der Waals surface area contributed by atoms with Gasteiger partial charge in [-0.1, -0.05) is 0 Å². The Morgan fingerprint density at radius 2 is 1.95 bits per heavy atom. The van der Waals surface area contributed by atoms with Gasteiger partial charge >= 0.3 is 6.18 Å². The Balaban J connectivity index is 1.94. The summed E-state index contributed by atoms with van der Waals surface area (Å²) < 4.78 is 37.5. The van der Waals surface area contributed by atoms with E-state index in [4.69, 9.17) is 0 Å². The van der Waals surface area contributed by atoms with E-state index in [2.05, 4.69) is 9.97 Å². The summed E-state index contributed by atoms with van der Waals surface area (Å²) in [7, 11) is 0. The van der Waals surface area contributed by atoms with E-state index in [9.17, 15) is 18.0 Å². The Morgan fingerprint density at radius 1 is 1.24 bits per heavy atom. The molecule has 0 atom stereocenters. The lowest BCUT2D eigenvalue weighted by atomic mass is 10.1. The first-order valence-electron chi connectivity index (χ1n) is 6.49. The van der Waals surface area contributed by atoms with Gasteiger partial charge < -0.3 is 4.90 Å². The summed E-state index contributed by atoms with van der Waals surface area (Å²) >= 11 is 1.04. The van der Waals surface area contributed by atoms with Crippen molar-refractivity contribution >= 4 is 33.2 Å². The molecule has 0 unspecified atom stereocenters. The molecule has 2 aromatic heterocycles. The molecule has 3 rings (SSSR count). The van der Waals surface area contributed by atoms with Crippen LogP contribution in [0.3, 0.4) is 0 Å². The number of ketones is 1. The normalized spacial score (nSPS) is 16.7. The highest BCUT2D eigenvalue weighted by atomic mass is 32.1. The minimum atomic E-state index is -4.23. The molecule has 0 radical (unpaired) electrons. The number of Topliss-reactive ketones (excluding diaryl/α,β-unsaturated/α-hetero) is 1. The highest BCUT2D eigenvalue weighted by molar-refractivity contribution is 7.18. The zero-order valence-corrected chi connectivity index (χ0v) is 11.8. The summed E-state index contributed by atoms with van der Waals surface area (Å²) in [5.74, 6) is 0.830. The first kappa shape index (κ1) is 14.2. The van der Waals surface area contributed by atoms with Gasteiger partial charge in [0.15, 0.2) is 0 Å². The van der Waals surface area contributed by atoms with Crippen LogP contribution in [0.15, 0.2) is 12.4 Å². The maximum absolute atomic E-state index is 12.5. The molecule has 1 saturated heterocycles. The molecule has 0 spiro atoms. The SMILES string of the molecule is O=C1CCN(c2ncnc3sc(CC(F)(F)F)cc23)CC1. The molecule has 2 aromatic rings. The third-order valence-corrected chi connectivity index (χ3v) is 4.40. The number of fused-ring (bicyclic) bond motifs is 1. The number of halogens is 3. The maximum atomic E-state index is 12.5. The van der Waals surface area contributed by atoms with E-state index in [1.807, 2.05) is 4.90 Å². The van der Waals surface area contributed by atoms with Crippen LogP contribution in [0.5, 0.6) is 0 Å². The second-order valence-electron chi connectivity index (χ2n) is 4.95. The predicted octanol–water partition coefficient (Wildman–Crippen LogP) is 2.97. The number of rotatable bonds is 2. The molecule has 8 heteroatoms. The van der Waals surface area contributed by atoms with Gasteiger partial charge in [0, 0.05) is 30.8 Å². The van der Waals surface area contributed by atoms with Gasteiger partial charge in [-0.05, 0) is 6.07 Å². The van der Waals surface area contributed by atoms with Crippen molar-refractivity contribution < 1.29 is 18.0 Å². The van der Waals surface area contributed by atoms with Gasteiger partial charge in [-0.3, -0.25) is 4.79 Å². The van der Waals surface area contributed by atoms with Gasteiger partial charge in [0.05, 0.1) is 11.8 Å². The number of nitrogens with zero attached hydrogens (tertiary/aromatic N) is 3. The fourth-order valence-electron chi connectivity index (χ4n) is 2.40. The van der Waals surface area contributed by atoms with Crippen molar-refractivity contribution in [3.05, 3.63) is 17.3 Å². The third-order valence-electron chi connectivity index (χ3n) is 3.35. The molecule has 112 valence electrons. The molecule has 0 N–H and O–H groups in total. The highest BCUT2D eigenvalue weighted by Crippen LogP contribution is 2.34. The van der Waals surface area contributed by atoms with E-state index in [0.717, 1.165) is 11.3 Å². The summed E-state index contributed by atoms with van der Waals surface area (Å²) in [6.45, 7) is 1.10. The number of hydrogen-bond acceptors (Lipinski definition) is 5. The van der Waals surface area contributed by atoms with Crippen molar-refractivity contribution in [2.45, 2.75) is 25.4 Å². The number of piperidine rings is 1. The molecule has 0 saturated carbocycles. The number of carbonyl (C=O) groups excluding carboxylic acids is 1. The van der Waals surface area contributed by atoms with Crippen molar-refractivity contribution in [3.8, 4) is 0 Å². The minimum Gasteiger partial charge on any atom is -0.355 e. The molecule has 1 aliphatic heterocycles. The highest BCUT2D eigenvalue weighted by Gasteiger charge is 2.29. The first-order valence-corrected chi connectivity index (χ1v) is 7.31. The second kappa shape index (κ2) is 5.25. The fraction of sp³-hybridized carbons (Fsp3) is 0.462. The molecular weight excluding hydrogens is 303 g/mol. The zero-order chi connectivity index (χ0) is 15.0. The number of carbonyl (C=O) groups is 1. The zero-order valence-electron chi connectivity index (χ0n) is 11.0. The van der Waals surface area contributed by atoms with Crippen LogP contribution in [0.1, 0.15) is 17.7 Å².